The maximum absolute atomic E-state index is 14.9. The Balaban J connectivity index is 1.46. The largest absolute Gasteiger partial charge is 0.381 e. The van der Waals surface area contributed by atoms with Gasteiger partial charge in [0.25, 0.3) is 0 Å². The highest BCUT2D eigenvalue weighted by molar-refractivity contribution is 7.15. The molecule has 0 saturated carbocycles. The van der Waals surface area contributed by atoms with E-state index in [1.807, 2.05) is 6.92 Å². The van der Waals surface area contributed by atoms with Crippen LogP contribution in [-0.2, 0) is 25.1 Å². The zero-order valence-corrected chi connectivity index (χ0v) is 18.7. The SMILES string of the molecule is C[C@@H](N1CCc2sc(-c3cncnc3)cc2C1)[C@](O)(Cn1cncn1)c1ccc(F)cc1F. The third kappa shape index (κ3) is 4.17. The molecule has 33 heavy (non-hydrogen) atoms. The Labute approximate surface area is 193 Å². The van der Waals surface area contributed by atoms with Gasteiger partial charge in [0.2, 0.25) is 0 Å². The van der Waals surface area contributed by atoms with Crippen molar-refractivity contribution in [1.82, 2.24) is 29.6 Å². The highest BCUT2D eigenvalue weighted by atomic mass is 32.1. The molecule has 1 aliphatic rings. The van der Waals surface area contributed by atoms with Crippen molar-refractivity contribution in [2.45, 2.75) is 38.1 Å². The molecule has 0 spiro atoms. The molecule has 0 unspecified atom stereocenters. The first-order valence-corrected chi connectivity index (χ1v) is 11.4. The van der Waals surface area contributed by atoms with Gasteiger partial charge >= 0.3 is 0 Å². The van der Waals surface area contributed by atoms with Crippen molar-refractivity contribution in [3.05, 3.63) is 83.3 Å². The Morgan fingerprint density at radius 1 is 1.15 bits per heavy atom. The van der Waals surface area contributed by atoms with Gasteiger partial charge in [-0.3, -0.25) is 4.90 Å². The molecule has 0 aliphatic carbocycles. The molecule has 1 aliphatic heterocycles. The number of thiophene rings is 1. The van der Waals surface area contributed by atoms with Crippen molar-refractivity contribution in [3.8, 4) is 10.4 Å². The van der Waals surface area contributed by atoms with Gasteiger partial charge in [-0.25, -0.2) is 28.4 Å². The molecular formula is C23H22F2N6OS. The van der Waals surface area contributed by atoms with Gasteiger partial charge in [-0.05, 0) is 31.0 Å². The van der Waals surface area contributed by atoms with Gasteiger partial charge in [0.15, 0.2) is 0 Å². The second-order valence-electron chi connectivity index (χ2n) is 8.22. The van der Waals surface area contributed by atoms with Crippen LogP contribution in [0.3, 0.4) is 0 Å². The van der Waals surface area contributed by atoms with Crippen LogP contribution in [0.25, 0.3) is 10.4 Å². The molecule has 170 valence electrons. The quantitative estimate of drug-likeness (QED) is 0.467. The highest BCUT2D eigenvalue weighted by Crippen LogP contribution is 2.38. The fraction of sp³-hybridized carbons (Fsp3) is 0.304. The molecule has 5 rings (SSSR count). The lowest BCUT2D eigenvalue weighted by Crippen LogP contribution is -2.53. The van der Waals surface area contributed by atoms with E-state index in [0.29, 0.717) is 13.1 Å². The molecule has 1 N–H and O–H groups in total. The van der Waals surface area contributed by atoms with Gasteiger partial charge in [0.05, 0.1) is 6.54 Å². The van der Waals surface area contributed by atoms with Gasteiger partial charge in [-0.1, -0.05) is 6.07 Å². The number of benzene rings is 1. The summed E-state index contributed by atoms with van der Waals surface area (Å²) in [4.78, 5) is 16.6. The van der Waals surface area contributed by atoms with Gasteiger partial charge in [0.1, 0.15) is 36.2 Å². The molecule has 4 heterocycles. The number of rotatable bonds is 6. The number of hydrogen-bond donors (Lipinski definition) is 1. The van der Waals surface area contributed by atoms with Crippen molar-refractivity contribution in [2.24, 2.45) is 0 Å². The summed E-state index contributed by atoms with van der Waals surface area (Å²) in [5.74, 6) is -1.48. The molecule has 4 aromatic rings. The predicted molar refractivity (Wildman–Crippen MR) is 119 cm³/mol. The van der Waals surface area contributed by atoms with Crippen LogP contribution in [0.1, 0.15) is 22.9 Å². The Morgan fingerprint density at radius 2 is 1.97 bits per heavy atom. The minimum atomic E-state index is -1.66. The number of halogens is 2. The maximum atomic E-state index is 14.9. The minimum Gasteiger partial charge on any atom is -0.381 e. The first-order valence-electron chi connectivity index (χ1n) is 10.6. The van der Waals surface area contributed by atoms with E-state index in [9.17, 15) is 13.9 Å². The van der Waals surface area contributed by atoms with Gasteiger partial charge in [0, 0.05) is 58.5 Å². The number of hydrogen-bond acceptors (Lipinski definition) is 7. The lowest BCUT2D eigenvalue weighted by Gasteiger charge is -2.42. The van der Waals surface area contributed by atoms with Crippen molar-refractivity contribution in [2.75, 3.05) is 6.54 Å². The second-order valence-corrected chi connectivity index (χ2v) is 9.36. The summed E-state index contributed by atoms with van der Waals surface area (Å²) < 4.78 is 29.9. The number of aromatic nitrogens is 5. The number of aliphatic hydroxyl groups is 1. The molecule has 0 amide bonds. The summed E-state index contributed by atoms with van der Waals surface area (Å²) in [5.41, 5.74) is 0.507. The summed E-state index contributed by atoms with van der Waals surface area (Å²) in [6.45, 7) is 3.14. The van der Waals surface area contributed by atoms with E-state index in [0.717, 1.165) is 22.9 Å². The number of fused-ring (bicyclic) bond motifs is 1. The first-order chi connectivity index (χ1) is 15.9. The molecule has 0 radical (unpaired) electrons. The summed E-state index contributed by atoms with van der Waals surface area (Å²) in [6.07, 6.45) is 8.73. The van der Waals surface area contributed by atoms with E-state index in [4.69, 9.17) is 0 Å². The molecule has 1 aromatic carbocycles. The van der Waals surface area contributed by atoms with Gasteiger partial charge < -0.3 is 5.11 Å². The van der Waals surface area contributed by atoms with Crippen LogP contribution in [0.4, 0.5) is 8.78 Å². The molecule has 7 nitrogen and oxygen atoms in total. The molecule has 3 aromatic heterocycles. The van der Waals surface area contributed by atoms with E-state index in [2.05, 4.69) is 31.0 Å². The van der Waals surface area contributed by atoms with E-state index < -0.39 is 23.3 Å². The maximum Gasteiger partial charge on any atom is 0.137 e. The Bertz CT molecular complexity index is 1250. The van der Waals surface area contributed by atoms with Crippen LogP contribution in [-0.4, -0.2) is 47.3 Å². The van der Waals surface area contributed by atoms with E-state index in [-0.39, 0.29) is 12.1 Å². The second kappa shape index (κ2) is 8.69. The van der Waals surface area contributed by atoms with Crippen molar-refractivity contribution >= 4 is 11.3 Å². The fourth-order valence-corrected chi connectivity index (χ4v) is 5.54. The standard InChI is InChI=1S/C23H22F2N6OS/c1-15(23(32,11-31-14-28-13-29-31)19-3-2-18(24)7-20(19)25)30-5-4-21-16(10-30)6-22(33-21)17-8-26-12-27-9-17/h2-3,6-9,12-15,32H,4-5,10-11H2,1H3/t15-,23-/m1/s1. The zero-order valence-electron chi connectivity index (χ0n) is 17.9. The third-order valence-corrected chi connectivity index (χ3v) is 7.53. The van der Waals surface area contributed by atoms with Crippen LogP contribution >= 0.6 is 11.3 Å². The first kappa shape index (κ1) is 21.7. The summed E-state index contributed by atoms with van der Waals surface area (Å²) in [5, 5.41) is 16.0. The van der Waals surface area contributed by atoms with Crippen LogP contribution in [0.2, 0.25) is 0 Å². The number of nitrogens with zero attached hydrogens (tertiary/aromatic N) is 6. The van der Waals surface area contributed by atoms with Crippen LogP contribution in [0.5, 0.6) is 0 Å². The molecule has 0 saturated heterocycles. The van der Waals surface area contributed by atoms with Crippen molar-refractivity contribution in [1.29, 1.82) is 0 Å². The van der Waals surface area contributed by atoms with E-state index >= 15 is 0 Å². The smallest absolute Gasteiger partial charge is 0.137 e. The average molecular weight is 469 g/mol. The minimum absolute atomic E-state index is 0.0175. The monoisotopic (exact) mass is 468 g/mol. The van der Waals surface area contributed by atoms with Crippen molar-refractivity contribution < 1.29 is 13.9 Å². The van der Waals surface area contributed by atoms with Crippen LogP contribution in [0.15, 0.2) is 55.6 Å². The summed E-state index contributed by atoms with van der Waals surface area (Å²) in [7, 11) is 0. The summed E-state index contributed by atoms with van der Waals surface area (Å²) >= 11 is 1.72. The van der Waals surface area contributed by atoms with Gasteiger partial charge in [-0.15, -0.1) is 11.3 Å². The highest BCUT2D eigenvalue weighted by Gasteiger charge is 2.42. The zero-order chi connectivity index (χ0) is 23.0. The topological polar surface area (TPSA) is 80.0 Å². The fourth-order valence-electron chi connectivity index (χ4n) is 4.40. The van der Waals surface area contributed by atoms with Crippen LogP contribution < -0.4 is 0 Å². The molecular weight excluding hydrogens is 446 g/mol. The van der Waals surface area contributed by atoms with E-state index in [1.54, 1.807) is 23.7 Å². The Morgan fingerprint density at radius 3 is 2.70 bits per heavy atom. The molecule has 0 fully saturated rings. The lowest BCUT2D eigenvalue weighted by molar-refractivity contribution is -0.0675. The Hall–Kier alpha value is -3.08. The van der Waals surface area contributed by atoms with Gasteiger partial charge in [-0.2, -0.15) is 5.10 Å². The van der Waals surface area contributed by atoms with Crippen molar-refractivity contribution in [3.63, 3.8) is 0 Å². The van der Waals surface area contributed by atoms with Crippen LogP contribution in [0, 0.1) is 11.6 Å². The predicted octanol–water partition coefficient (Wildman–Crippen LogP) is 3.41. The normalized spacial score (nSPS) is 16.8. The average Bonchev–Trinajstić information content (AvgIpc) is 3.48. The lowest BCUT2D eigenvalue weighted by atomic mass is 9.84. The molecule has 2 atom stereocenters. The Kier molecular flexibility index (Phi) is 5.73. The summed E-state index contributed by atoms with van der Waals surface area (Å²) in [6, 6.07) is 4.92. The molecule has 10 heteroatoms. The van der Waals surface area contributed by atoms with E-state index in [1.165, 1.54) is 46.2 Å². The third-order valence-electron chi connectivity index (χ3n) is 6.25. The molecule has 0 bridgehead atoms.